The molecule has 4 fully saturated rings. The number of hydrogen-bond donors (Lipinski definition) is 5. The van der Waals surface area contributed by atoms with E-state index in [-0.39, 0.29) is 11.7 Å². The van der Waals surface area contributed by atoms with Gasteiger partial charge in [-0.2, -0.15) is 0 Å². The number of phenolic OH excluding ortho intramolecular Hbond substituents is 1. The highest BCUT2D eigenvalue weighted by Crippen LogP contribution is 2.47. The Labute approximate surface area is 259 Å². The zero-order valence-corrected chi connectivity index (χ0v) is 25.4. The van der Waals surface area contributed by atoms with Crippen LogP contribution in [0.4, 0.5) is 5.69 Å². The summed E-state index contributed by atoms with van der Waals surface area (Å²) in [5.41, 5.74) is 16.3. The van der Waals surface area contributed by atoms with Gasteiger partial charge in [0, 0.05) is 37.7 Å². The second kappa shape index (κ2) is 12.2. The Morgan fingerprint density at radius 3 is 2.39 bits per heavy atom. The molecule has 2 aromatic rings. The van der Waals surface area contributed by atoms with Gasteiger partial charge in [0.1, 0.15) is 17.4 Å². The van der Waals surface area contributed by atoms with Crippen LogP contribution in [0.5, 0.6) is 5.75 Å². The molecule has 4 heterocycles. The van der Waals surface area contributed by atoms with E-state index in [0.29, 0.717) is 29.5 Å². The largest absolute Gasteiger partial charge is 0.507 e. The van der Waals surface area contributed by atoms with E-state index in [4.69, 9.17) is 15.7 Å². The Morgan fingerprint density at radius 1 is 0.932 bits per heavy atom. The fraction of sp³-hybridized carbons (Fsp3) is 0.559. The Morgan fingerprint density at radius 2 is 1.66 bits per heavy atom. The number of nitrogens with two attached hydrogens (primary N) is 1. The third kappa shape index (κ3) is 5.90. The van der Waals surface area contributed by atoms with Gasteiger partial charge in [-0.25, -0.2) is 9.97 Å². The number of aromatic nitrogens is 2. The first kappa shape index (κ1) is 28.8. The van der Waals surface area contributed by atoms with Crippen molar-refractivity contribution in [3.05, 3.63) is 65.6 Å². The first-order valence-electron chi connectivity index (χ1n) is 16.5. The molecular weight excluding hydrogens is 554 g/mol. The molecule has 1 aromatic carbocycles. The maximum absolute atomic E-state index is 11.3. The molecule has 234 valence electrons. The van der Waals surface area contributed by atoms with Gasteiger partial charge in [-0.1, -0.05) is 12.1 Å². The van der Waals surface area contributed by atoms with E-state index >= 15 is 0 Å². The van der Waals surface area contributed by atoms with Crippen LogP contribution < -0.4 is 21.5 Å². The van der Waals surface area contributed by atoms with Crippen LogP contribution in [0.3, 0.4) is 0 Å². The summed E-state index contributed by atoms with van der Waals surface area (Å²) in [5.74, 6) is 3.87. The molecule has 7 rings (SSSR count). The number of carbonyl (C=O) groups is 1. The zero-order valence-electron chi connectivity index (χ0n) is 25.4. The summed E-state index contributed by atoms with van der Waals surface area (Å²) in [7, 11) is 0. The van der Waals surface area contributed by atoms with Crippen LogP contribution in [0, 0.1) is 29.6 Å². The van der Waals surface area contributed by atoms with Crippen LogP contribution in [-0.4, -0.2) is 57.2 Å². The minimum atomic E-state index is -0.613. The fourth-order valence-electron chi connectivity index (χ4n) is 8.56. The molecule has 2 saturated carbocycles. The maximum Gasteiger partial charge on any atom is 0.306 e. The molecule has 3 atom stereocenters. The Balaban J connectivity index is 0.943. The number of rotatable bonds is 7. The quantitative estimate of drug-likeness (QED) is 0.311. The molecule has 0 radical (unpaired) electrons. The number of fused-ring (bicyclic) bond motifs is 2. The lowest BCUT2D eigenvalue weighted by Gasteiger charge is -2.37. The molecule has 2 bridgehead atoms. The molecule has 44 heavy (non-hydrogen) atoms. The third-order valence-corrected chi connectivity index (χ3v) is 11.0. The van der Waals surface area contributed by atoms with Crippen LogP contribution in [0.2, 0.25) is 0 Å². The number of likely N-dealkylation sites (tertiary alicyclic amines) is 1. The highest BCUT2D eigenvalue weighted by atomic mass is 16.4. The predicted octanol–water partition coefficient (Wildman–Crippen LogP) is 4.38. The number of para-hydroxylation sites is 1. The average Bonchev–Trinajstić information content (AvgIpc) is 3.35. The van der Waals surface area contributed by atoms with E-state index in [1.165, 1.54) is 25.7 Å². The number of carboxylic acids is 1. The number of benzene rings is 1. The highest BCUT2D eigenvalue weighted by molar-refractivity contribution is 5.72. The van der Waals surface area contributed by atoms with Crippen LogP contribution in [-0.2, 0) is 4.79 Å². The lowest BCUT2D eigenvalue weighted by Crippen LogP contribution is -2.44. The lowest BCUT2D eigenvalue weighted by atomic mass is 9.76. The van der Waals surface area contributed by atoms with E-state index in [0.717, 1.165) is 92.7 Å². The van der Waals surface area contributed by atoms with E-state index in [1.807, 2.05) is 36.7 Å². The number of anilines is 1. The SMILES string of the molecule is NC1=C(N2CC3CC(C2)C(c2ncc(N4CCC(CC5CCC(C(=O)O)CC5)CC4)cn2)C3)C=C(c2ccccc2O)NN1. The Bertz CT molecular complexity index is 1410. The Hall–Kier alpha value is -3.95. The van der Waals surface area contributed by atoms with Gasteiger partial charge >= 0.3 is 5.97 Å². The number of piperidine rings is 2. The molecular formula is C34H45N7O3. The summed E-state index contributed by atoms with van der Waals surface area (Å²) in [6.07, 6.45) is 15.9. The van der Waals surface area contributed by atoms with Gasteiger partial charge in [-0.05, 0) is 99.7 Å². The van der Waals surface area contributed by atoms with Crippen LogP contribution >= 0.6 is 0 Å². The van der Waals surface area contributed by atoms with Crippen molar-refractivity contribution >= 4 is 17.4 Å². The second-order valence-corrected chi connectivity index (χ2v) is 13.8. The van der Waals surface area contributed by atoms with E-state index in [2.05, 4.69) is 20.7 Å². The number of allylic oxidation sites excluding steroid dienone is 1. The first-order chi connectivity index (χ1) is 21.4. The highest BCUT2D eigenvalue weighted by Gasteiger charge is 2.43. The van der Waals surface area contributed by atoms with E-state index in [1.54, 1.807) is 6.07 Å². The number of hydrazine groups is 1. The summed E-state index contributed by atoms with van der Waals surface area (Å²) in [5, 5.41) is 19.7. The maximum atomic E-state index is 11.3. The summed E-state index contributed by atoms with van der Waals surface area (Å²) >= 11 is 0. The van der Waals surface area contributed by atoms with Gasteiger partial charge in [-0.15, -0.1) is 0 Å². The van der Waals surface area contributed by atoms with Crippen molar-refractivity contribution in [3.63, 3.8) is 0 Å². The van der Waals surface area contributed by atoms with Crippen LogP contribution in [0.15, 0.2) is 54.3 Å². The van der Waals surface area contributed by atoms with Crippen molar-refractivity contribution in [1.82, 2.24) is 25.7 Å². The van der Waals surface area contributed by atoms with Crippen molar-refractivity contribution in [1.29, 1.82) is 0 Å². The second-order valence-electron chi connectivity index (χ2n) is 13.8. The number of aromatic hydroxyl groups is 1. The normalized spacial score (nSPS) is 29.2. The summed E-state index contributed by atoms with van der Waals surface area (Å²) in [6, 6.07) is 7.32. The molecule has 5 aliphatic rings. The summed E-state index contributed by atoms with van der Waals surface area (Å²) in [4.78, 5) is 25.9. The predicted molar refractivity (Wildman–Crippen MR) is 169 cm³/mol. The smallest absolute Gasteiger partial charge is 0.306 e. The van der Waals surface area contributed by atoms with Gasteiger partial charge in [0.05, 0.1) is 35.4 Å². The monoisotopic (exact) mass is 599 g/mol. The third-order valence-electron chi connectivity index (χ3n) is 11.0. The summed E-state index contributed by atoms with van der Waals surface area (Å²) < 4.78 is 0. The van der Waals surface area contributed by atoms with Gasteiger partial charge < -0.3 is 25.7 Å². The molecule has 2 aliphatic carbocycles. The number of carboxylic acid groups (broad SMARTS) is 1. The van der Waals surface area contributed by atoms with Crippen LogP contribution in [0.25, 0.3) is 5.70 Å². The molecule has 3 unspecified atom stereocenters. The van der Waals surface area contributed by atoms with Gasteiger partial charge in [0.2, 0.25) is 0 Å². The van der Waals surface area contributed by atoms with Gasteiger partial charge in [-0.3, -0.25) is 15.6 Å². The Kier molecular flexibility index (Phi) is 7.99. The molecule has 3 aliphatic heterocycles. The number of nitrogens with one attached hydrogen (secondary N) is 2. The minimum absolute atomic E-state index is 0.122. The van der Waals surface area contributed by atoms with Crippen molar-refractivity contribution in [3.8, 4) is 5.75 Å². The van der Waals surface area contributed by atoms with E-state index < -0.39 is 5.97 Å². The van der Waals surface area contributed by atoms with Crippen molar-refractivity contribution < 1.29 is 15.0 Å². The number of hydrogen-bond acceptors (Lipinski definition) is 9. The molecule has 10 heteroatoms. The van der Waals surface area contributed by atoms with E-state index in [9.17, 15) is 15.0 Å². The molecule has 6 N–H and O–H groups in total. The molecule has 10 nitrogen and oxygen atoms in total. The number of nitrogens with zero attached hydrogens (tertiary/aromatic N) is 4. The van der Waals surface area contributed by atoms with Gasteiger partial charge in [0.25, 0.3) is 0 Å². The first-order valence-corrected chi connectivity index (χ1v) is 16.5. The topological polar surface area (TPSA) is 140 Å². The lowest BCUT2D eigenvalue weighted by molar-refractivity contribution is -0.143. The molecule has 0 amide bonds. The number of aliphatic carboxylic acids is 1. The van der Waals surface area contributed by atoms with Crippen molar-refractivity contribution in [2.24, 2.45) is 35.3 Å². The molecule has 2 saturated heterocycles. The summed E-state index contributed by atoms with van der Waals surface area (Å²) in [6.45, 7) is 3.93. The fourth-order valence-corrected chi connectivity index (χ4v) is 8.56. The van der Waals surface area contributed by atoms with Crippen LogP contribution in [0.1, 0.15) is 75.1 Å². The van der Waals surface area contributed by atoms with Crippen molar-refractivity contribution in [2.45, 2.75) is 63.7 Å². The van der Waals surface area contributed by atoms with Crippen molar-refractivity contribution in [2.75, 3.05) is 31.1 Å². The average molecular weight is 600 g/mol. The number of phenols is 1. The van der Waals surface area contributed by atoms with Gasteiger partial charge in [0.15, 0.2) is 0 Å². The minimum Gasteiger partial charge on any atom is -0.507 e. The zero-order chi connectivity index (χ0) is 30.2. The molecule has 1 aromatic heterocycles. The standard InChI is InChI=1S/C34H45N7O3/c35-32-30(16-29(38-39-32)27-3-1-2-4-31(27)42)41-19-23-14-25(20-41)28(15-23)33-36-17-26(18-37-33)40-11-9-22(10-12-40)13-21-5-7-24(8-6-21)34(43)44/h1-4,16-18,21-25,28,38-39,42H,5-15,19-20,35H2,(H,43,44). The molecule has 0 spiro atoms.